The van der Waals surface area contributed by atoms with Crippen molar-refractivity contribution in [2.45, 2.75) is 63.2 Å². The van der Waals surface area contributed by atoms with Gasteiger partial charge in [-0.3, -0.25) is 9.47 Å². The third-order valence-electron chi connectivity index (χ3n) is 5.91. The zero-order valence-corrected chi connectivity index (χ0v) is 16.0. The van der Waals surface area contributed by atoms with Crippen molar-refractivity contribution in [2.75, 3.05) is 6.54 Å². The molecule has 28 heavy (non-hydrogen) atoms. The molecule has 4 rings (SSSR count). The van der Waals surface area contributed by atoms with E-state index in [9.17, 15) is 13.6 Å². The number of hydrogen-bond acceptors (Lipinski definition) is 4. The summed E-state index contributed by atoms with van der Waals surface area (Å²) in [6.07, 6.45) is 4.29. The summed E-state index contributed by atoms with van der Waals surface area (Å²) in [6.45, 7) is 0.780. The van der Waals surface area contributed by atoms with Crippen LogP contribution in [0.1, 0.15) is 31.2 Å². The van der Waals surface area contributed by atoms with Gasteiger partial charge in [0.05, 0.1) is 19.3 Å². The van der Waals surface area contributed by atoms with Crippen molar-refractivity contribution in [3.05, 3.63) is 52.5 Å². The lowest BCUT2D eigenvalue weighted by Crippen LogP contribution is -2.48. The Kier molecular flexibility index (Phi) is 5.59. The maximum Gasteiger partial charge on any atom is 0.345 e. The van der Waals surface area contributed by atoms with Crippen LogP contribution in [0.2, 0.25) is 0 Å². The topological polar surface area (TPSA) is 52.3 Å². The van der Waals surface area contributed by atoms with Gasteiger partial charge in [-0.2, -0.15) is 5.10 Å². The Morgan fingerprint density at radius 2 is 1.86 bits per heavy atom. The van der Waals surface area contributed by atoms with Crippen molar-refractivity contribution >= 4 is 0 Å². The quantitative estimate of drug-likeness (QED) is 0.726. The molecule has 2 aliphatic heterocycles. The number of ether oxygens (including phenoxy) is 1. The second-order valence-corrected chi connectivity index (χ2v) is 7.92. The Hall–Kier alpha value is -2.06. The minimum atomic E-state index is -1.13. The van der Waals surface area contributed by atoms with Crippen LogP contribution in [0.4, 0.5) is 8.78 Å². The summed E-state index contributed by atoms with van der Waals surface area (Å²) in [5.41, 5.74) is 0.666. The van der Waals surface area contributed by atoms with Crippen molar-refractivity contribution in [2.24, 2.45) is 7.05 Å². The van der Waals surface area contributed by atoms with Gasteiger partial charge in [0.15, 0.2) is 0 Å². The lowest BCUT2D eigenvalue weighted by atomic mass is 9.99. The molecule has 0 saturated carbocycles. The molecule has 2 fully saturated rings. The van der Waals surface area contributed by atoms with Gasteiger partial charge in [0.2, 0.25) is 0 Å². The summed E-state index contributed by atoms with van der Waals surface area (Å²) >= 11 is 0. The summed E-state index contributed by atoms with van der Waals surface area (Å²) in [5, 5.41) is 3.94. The van der Waals surface area contributed by atoms with E-state index in [1.54, 1.807) is 19.2 Å². The van der Waals surface area contributed by atoms with Crippen molar-refractivity contribution in [3.8, 4) is 0 Å². The van der Waals surface area contributed by atoms with Crippen LogP contribution in [0.15, 0.2) is 35.4 Å². The minimum absolute atomic E-state index is 0.0138. The molecule has 2 bridgehead atoms. The Labute approximate surface area is 162 Å². The largest absolute Gasteiger partial charge is 0.373 e. The van der Waals surface area contributed by atoms with Gasteiger partial charge in [0.1, 0.15) is 18.3 Å². The second kappa shape index (κ2) is 8.13. The zero-order valence-electron chi connectivity index (χ0n) is 16.0. The average molecular weight is 392 g/mol. The number of rotatable bonds is 7. The van der Waals surface area contributed by atoms with Gasteiger partial charge in [-0.15, -0.1) is 0 Å². The van der Waals surface area contributed by atoms with Crippen LogP contribution in [0.5, 0.6) is 0 Å². The van der Waals surface area contributed by atoms with Crippen molar-refractivity contribution < 1.29 is 13.5 Å². The van der Waals surface area contributed by atoms with E-state index in [1.807, 2.05) is 0 Å². The third kappa shape index (κ3) is 4.17. The average Bonchev–Trinajstić information content (AvgIpc) is 3.10. The molecule has 1 aromatic carbocycles. The molecule has 3 heterocycles. The first-order chi connectivity index (χ1) is 13.5. The number of alkyl halides is 1. The van der Waals surface area contributed by atoms with E-state index in [1.165, 1.54) is 27.7 Å². The molecule has 0 spiro atoms. The molecular weight excluding hydrogens is 366 g/mol. The van der Waals surface area contributed by atoms with Gasteiger partial charge >= 0.3 is 5.69 Å². The van der Waals surface area contributed by atoms with Crippen LogP contribution in [0.3, 0.4) is 0 Å². The van der Waals surface area contributed by atoms with Crippen LogP contribution in [0, 0.1) is 5.82 Å². The molecule has 0 amide bonds. The van der Waals surface area contributed by atoms with Crippen LogP contribution in [0.25, 0.3) is 0 Å². The van der Waals surface area contributed by atoms with Gasteiger partial charge in [-0.1, -0.05) is 12.1 Å². The number of nitrogens with zero attached hydrogens (tertiary/aromatic N) is 4. The maximum absolute atomic E-state index is 14.6. The van der Waals surface area contributed by atoms with Crippen LogP contribution < -0.4 is 5.69 Å². The summed E-state index contributed by atoms with van der Waals surface area (Å²) in [7, 11) is 1.61. The summed E-state index contributed by atoms with van der Waals surface area (Å²) in [5.74, 6) is -0.246. The first-order valence-electron chi connectivity index (χ1n) is 9.84. The molecule has 152 valence electrons. The minimum Gasteiger partial charge on any atom is -0.373 e. The van der Waals surface area contributed by atoms with E-state index in [2.05, 4.69) is 10.00 Å². The summed E-state index contributed by atoms with van der Waals surface area (Å²) < 4.78 is 36.2. The molecule has 0 radical (unpaired) electrons. The Bertz CT molecular complexity index is 837. The predicted octanol–water partition coefficient (Wildman–Crippen LogP) is 2.27. The van der Waals surface area contributed by atoms with Crippen molar-refractivity contribution in [1.29, 1.82) is 0 Å². The van der Waals surface area contributed by atoms with Crippen LogP contribution in [-0.4, -0.2) is 50.2 Å². The van der Waals surface area contributed by atoms with Crippen molar-refractivity contribution in [3.63, 3.8) is 0 Å². The van der Waals surface area contributed by atoms with E-state index in [0.29, 0.717) is 25.2 Å². The molecule has 2 aliphatic rings. The highest BCUT2D eigenvalue weighted by molar-refractivity contribution is 5.15. The fraction of sp³-hybridized carbons (Fsp3) is 0.600. The molecule has 6 nitrogen and oxygen atoms in total. The van der Waals surface area contributed by atoms with Gasteiger partial charge in [-0.05, 0) is 43.4 Å². The van der Waals surface area contributed by atoms with Gasteiger partial charge in [0, 0.05) is 25.7 Å². The number of piperidine rings is 1. The molecule has 3 atom stereocenters. The SMILES string of the molecule is Cn1cnn(C[C@@H](F)CN2C3CCC2CC(OCc2ccc(F)cc2)C3)c1=O. The highest BCUT2D eigenvalue weighted by atomic mass is 19.1. The van der Waals surface area contributed by atoms with Crippen LogP contribution in [-0.2, 0) is 24.9 Å². The van der Waals surface area contributed by atoms with Gasteiger partial charge in [0.25, 0.3) is 0 Å². The number of benzene rings is 1. The molecule has 0 N–H and O–H groups in total. The predicted molar refractivity (Wildman–Crippen MR) is 100 cm³/mol. The maximum atomic E-state index is 14.6. The van der Waals surface area contributed by atoms with Gasteiger partial charge in [-0.25, -0.2) is 18.3 Å². The summed E-state index contributed by atoms with van der Waals surface area (Å²) in [4.78, 5) is 14.1. The van der Waals surface area contributed by atoms with E-state index >= 15 is 0 Å². The molecule has 2 unspecified atom stereocenters. The second-order valence-electron chi connectivity index (χ2n) is 7.92. The monoisotopic (exact) mass is 392 g/mol. The lowest BCUT2D eigenvalue weighted by molar-refractivity contribution is -0.0342. The molecule has 0 aliphatic carbocycles. The number of halogens is 2. The number of aryl methyl sites for hydroxylation is 1. The molecule has 1 aromatic heterocycles. The third-order valence-corrected chi connectivity index (χ3v) is 5.91. The fourth-order valence-corrected chi connectivity index (χ4v) is 4.47. The van der Waals surface area contributed by atoms with E-state index in [0.717, 1.165) is 31.2 Å². The Balaban J connectivity index is 1.29. The molecular formula is C20H26F2N4O2. The number of fused-ring (bicyclic) bond motifs is 2. The number of hydrogen-bond donors (Lipinski definition) is 0. The van der Waals surface area contributed by atoms with Crippen LogP contribution >= 0.6 is 0 Å². The van der Waals surface area contributed by atoms with Gasteiger partial charge < -0.3 is 4.74 Å². The zero-order chi connectivity index (χ0) is 19.7. The normalized spacial score (nSPS) is 25.9. The van der Waals surface area contributed by atoms with E-state index in [-0.39, 0.29) is 24.2 Å². The van der Waals surface area contributed by atoms with E-state index < -0.39 is 6.17 Å². The standard InChI is InChI=1S/C20H26F2N4O2/c1-24-13-23-26(20(24)27)11-16(22)10-25-17-6-7-18(25)9-19(8-17)28-12-14-2-4-15(21)5-3-14/h2-5,13,16-19H,6-12H2,1H3/t16-,17?,18?,19?/m0/s1. The first kappa shape index (κ1) is 19.3. The highest BCUT2D eigenvalue weighted by Gasteiger charge is 2.41. The van der Waals surface area contributed by atoms with Crippen molar-refractivity contribution in [1.82, 2.24) is 19.2 Å². The molecule has 8 heteroatoms. The lowest BCUT2D eigenvalue weighted by Gasteiger charge is -2.39. The molecule has 2 aromatic rings. The Morgan fingerprint density at radius 1 is 1.18 bits per heavy atom. The Morgan fingerprint density at radius 3 is 2.46 bits per heavy atom. The van der Waals surface area contributed by atoms with E-state index in [4.69, 9.17) is 4.74 Å². The fourth-order valence-electron chi connectivity index (χ4n) is 4.47. The smallest absolute Gasteiger partial charge is 0.345 e. The first-order valence-corrected chi connectivity index (χ1v) is 9.84. The highest BCUT2D eigenvalue weighted by Crippen LogP contribution is 2.37. The number of aromatic nitrogens is 3. The molecule has 2 saturated heterocycles. The summed E-state index contributed by atoms with van der Waals surface area (Å²) in [6, 6.07) is 7.00.